The standard InChI is InChI=1S/C14H14F2N2O/c1-2-3-7-18-8-10(9-19)14(17-18)13-11(15)5-4-6-12(13)16/h4-6,8-9H,2-3,7H2,1H3. The van der Waals surface area contributed by atoms with E-state index in [0.717, 1.165) is 25.0 Å². The van der Waals surface area contributed by atoms with Gasteiger partial charge in [-0.05, 0) is 18.6 Å². The zero-order valence-electron chi connectivity index (χ0n) is 10.6. The number of hydrogen-bond acceptors (Lipinski definition) is 2. The molecular formula is C14H14F2N2O. The van der Waals surface area contributed by atoms with E-state index in [9.17, 15) is 13.6 Å². The summed E-state index contributed by atoms with van der Waals surface area (Å²) < 4.78 is 29.0. The summed E-state index contributed by atoms with van der Waals surface area (Å²) in [6, 6.07) is 3.58. The van der Waals surface area contributed by atoms with Gasteiger partial charge in [0.1, 0.15) is 17.3 Å². The van der Waals surface area contributed by atoms with Crippen LogP contribution in [-0.4, -0.2) is 16.1 Å². The fourth-order valence-corrected chi connectivity index (χ4v) is 1.88. The van der Waals surface area contributed by atoms with Gasteiger partial charge in [0.05, 0.1) is 11.1 Å². The van der Waals surface area contributed by atoms with Gasteiger partial charge in [-0.2, -0.15) is 5.10 Å². The second kappa shape index (κ2) is 5.73. The van der Waals surface area contributed by atoms with Crippen molar-refractivity contribution >= 4 is 6.29 Å². The maximum absolute atomic E-state index is 13.7. The topological polar surface area (TPSA) is 34.9 Å². The van der Waals surface area contributed by atoms with E-state index < -0.39 is 11.6 Å². The molecule has 0 N–H and O–H groups in total. The van der Waals surface area contributed by atoms with E-state index >= 15 is 0 Å². The third-order valence-corrected chi connectivity index (χ3v) is 2.86. The molecule has 0 saturated heterocycles. The average molecular weight is 264 g/mol. The second-order valence-corrected chi connectivity index (χ2v) is 4.26. The predicted octanol–water partition coefficient (Wildman–Crippen LogP) is 3.44. The van der Waals surface area contributed by atoms with Crippen LogP contribution in [0, 0.1) is 11.6 Å². The van der Waals surface area contributed by atoms with Crippen molar-refractivity contribution in [1.82, 2.24) is 9.78 Å². The highest BCUT2D eigenvalue weighted by atomic mass is 19.1. The van der Waals surface area contributed by atoms with Crippen LogP contribution >= 0.6 is 0 Å². The molecule has 1 heterocycles. The Balaban J connectivity index is 2.49. The summed E-state index contributed by atoms with van der Waals surface area (Å²) in [6.07, 6.45) is 3.94. The average Bonchev–Trinajstić information content (AvgIpc) is 2.79. The van der Waals surface area contributed by atoms with Crippen LogP contribution < -0.4 is 0 Å². The first-order valence-electron chi connectivity index (χ1n) is 6.14. The SMILES string of the molecule is CCCCn1cc(C=O)c(-c2c(F)cccc2F)n1. The number of rotatable bonds is 5. The van der Waals surface area contributed by atoms with Crippen LogP contribution in [0.2, 0.25) is 0 Å². The third-order valence-electron chi connectivity index (χ3n) is 2.86. The molecule has 0 spiro atoms. The summed E-state index contributed by atoms with van der Waals surface area (Å²) in [5.41, 5.74) is 0.00153. The lowest BCUT2D eigenvalue weighted by Crippen LogP contribution is -1.99. The van der Waals surface area contributed by atoms with Crippen LogP contribution in [0.1, 0.15) is 30.1 Å². The fraction of sp³-hybridized carbons (Fsp3) is 0.286. The van der Waals surface area contributed by atoms with Crippen LogP contribution in [0.4, 0.5) is 8.78 Å². The first-order chi connectivity index (χ1) is 9.17. The smallest absolute Gasteiger partial charge is 0.153 e. The number of aromatic nitrogens is 2. The van der Waals surface area contributed by atoms with E-state index in [1.807, 2.05) is 6.92 Å². The zero-order chi connectivity index (χ0) is 13.8. The van der Waals surface area contributed by atoms with E-state index in [0.29, 0.717) is 12.8 Å². The maximum Gasteiger partial charge on any atom is 0.153 e. The number of carbonyl (C=O) groups excluding carboxylic acids is 1. The number of aldehydes is 1. The Morgan fingerprint density at radius 3 is 2.58 bits per heavy atom. The van der Waals surface area contributed by atoms with Gasteiger partial charge in [-0.3, -0.25) is 9.48 Å². The predicted molar refractivity (Wildman–Crippen MR) is 67.9 cm³/mol. The summed E-state index contributed by atoms with van der Waals surface area (Å²) in [6.45, 7) is 2.65. The zero-order valence-corrected chi connectivity index (χ0v) is 10.6. The first kappa shape index (κ1) is 13.4. The van der Waals surface area contributed by atoms with Gasteiger partial charge in [0.2, 0.25) is 0 Å². The van der Waals surface area contributed by atoms with Crippen LogP contribution in [0.3, 0.4) is 0 Å². The molecule has 0 bridgehead atoms. The van der Waals surface area contributed by atoms with Crippen LogP contribution in [0.15, 0.2) is 24.4 Å². The molecule has 0 aliphatic rings. The number of carbonyl (C=O) groups is 1. The first-order valence-corrected chi connectivity index (χ1v) is 6.14. The largest absolute Gasteiger partial charge is 0.298 e. The molecule has 0 radical (unpaired) electrons. The normalized spacial score (nSPS) is 10.7. The van der Waals surface area contributed by atoms with Crippen molar-refractivity contribution in [2.75, 3.05) is 0 Å². The monoisotopic (exact) mass is 264 g/mol. The summed E-state index contributed by atoms with van der Waals surface area (Å²) >= 11 is 0. The molecular weight excluding hydrogens is 250 g/mol. The minimum Gasteiger partial charge on any atom is -0.298 e. The Morgan fingerprint density at radius 2 is 2.00 bits per heavy atom. The van der Waals surface area contributed by atoms with Crippen molar-refractivity contribution in [2.45, 2.75) is 26.3 Å². The summed E-state index contributed by atoms with van der Waals surface area (Å²) in [5.74, 6) is -1.44. The minimum atomic E-state index is -0.719. The molecule has 0 unspecified atom stereocenters. The van der Waals surface area contributed by atoms with Crippen LogP contribution in [0.5, 0.6) is 0 Å². The van der Waals surface area contributed by atoms with Gasteiger partial charge >= 0.3 is 0 Å². The van der Waals surface area contributed by atoms with Crippen molar-refractivity contribution in [3.05, 3.63) is 41.6 Å². The molecule has 0 atom stereocenters. The van der Waals surface area contributed by atoms with Gasteiger partial charge in [-0.1, -0.05) is 19.4 Å². The molecule has 5 heteroatoms. The number of nitrogens with zero attached hydrogens (tertiary/aromatic N) is 2. The van der Waals surface area contributed by atoms with E-state index in [1.165, 1.54) is 12.3 Å². The molecule has 2 aromatic rings. The number of hydrogen-bond donors (Lipinski definition) is 0. The van der Waals surface area contributed by atoms with E-state index in [1.54, 1.807) is 4.68 Å². The van der Waals surface area contributed by atoms with Gasteiger partial charge in [0, 0.05) is 12.7 Å². The Kier molecular flexibility index (Phi) is 4.04. The number of benzene rings is 1. The summed E-state index contributed by atoms with van der Waals surface area (Å²) in [5, 5.41) is 4.12. The van der Waals surface area contributed by atoms with Gasteiger partial charge in [-0.15, -0.1) is 0 Å². The van der Waals surface area contributed by atoms with Crippen molar-refractivity contribution < 1.29 is 13.6 Å². The van der Waals surface area contributed by atoms with Crippen molar-refractivity contribution in [1.29, 1.82) is 0 Å². The Hall–Kier alpha value is -2.04. The van der Waals surface area contributed by atoms with Crippen molar-refractivity contribution in [3.8, 4) is 11.3 Å². The van der Waals surface area contributed by atoms with E-state index in [-0.39, 0.29) is 16.8 Å². The fourth-order valence-electron chi connectivity index (χ4n) is 1.88. The molecule has 1 aromatic carbocycles. The highest BCUT2D eigenvalue weighted by Crippen LogP contribution is 2.27. The van der Waals surface area contributed by atoms with Crippen molar-refractivity contribution in [2.24, 2.45) is 0 Å². The molecule has 0 saturated carbocycles. The molecule has 0 amide bonds. The molecule has 100 valence electrons. The lowest BCUT2D eigenvalue weighted by atomic mass is 10.1. The van der Waals surface area contributed by atoms with Gasteiger partial charge in [0.15, 0.2) is 6.29 Å². The molecule has 2 rings (SSSR count). The van der Waals surface area contributed by atoms with Crippen LogP contribution in [0.25, 0.3) is 11.3 Å². The second-order valence-electron chi connectivity index (χ2n) is 4.26. The van der Waals surface area contributed by atoms with Crippen LogP contribution in [-0.2, 0) is 6.54 Å². The quantitative estimate of drug-likeness (QED) is 0.775. The molecule has 3 nitrogen and oxygen atoms in total. The molecule has 0 fully saturated rings. The third kappa shape index (κ3) is 2.70. The minimum absolute atomic E-state index is 0.0571. The van der Waals surface area contributed by atoms with Gasteiger partial charge in [-0.25, -0.2) is 8.78 Å². The van der Waals surface area contributed by atoms with E-state index in [4.69, 9.17) is 0 Å². The molecule has 19 heavy (non-hydrogen) atoms. The Labute approximate surface area is 109 Å². The van der Waals surface area contributed by atoms with Gasteiger partial charge < -0.3 is 0 Å². The van der Waals surface area contributed by atoms with Crippen molar-refractivity contribution in [3.63, 3.8) is 0 Å². The number of unbranched alkanes of at least 4 members (excludes halogenated alkanes) is 1. The lowest BCUT2D eigenvalue weighted by Gasteiger charge is -2.02. The highest BCUT2D eigenvalue weighted by molar-refractivity contribution is 5.85. The lowest BCUT2D eigenvalue weighted by molar-refractivity contribution is 0.112. The molecule has 1 aromatic heterocycles. The van der Waals surface area contributed by atoms with E-state index in [2.05, 4.69) is 5.10 Å². The number of halogens is 2. The van der Waals surface area contributed by atoms with Gasteiger partial charge in [0.25, 0.3) is 0 Å². The maximum atomic E-state index is 13.7. The summed E-state index contributed by atoms with van der Waals surface area (Å²) in [4.78, 5) is 11.0. The highest BCUT2D eigenvalue weighted by Gasteiger charge is 2.18. The molecule has 0 aliphatic carbocycles. The Morgan fingerprint density at radius 1 is 1.32 bits per heavy atom. The Bertz CT molecular complexity index is 573. The molecule has 0 aliphatic heterocycles. The number of aryl methyl sites for hydroxylation is 1. The summed E-state index contributed by atoms with van der Waals surface area (Å²) in [7, 11) is 0.